The molecular formula is C13H14N4O4. The van der Waals surface area contributed by atoms with E-state index in [1.807, 2.05) is 5.43 Å². The van der Waals surface area contributed by atoms with Gasteiger partial charge in [0.1, 0.15) is 0 Å². The monoisotopic (exact) mass is 290 g/mol. The van der Waals surface area contributed by atoms with Crippen LogP contribution >= 0.6 is 0 Å². The zero-order chi connectivity index (χ0) is 16.0. The highest BCUT2D eigenvalue weighted by molar-refractivity contribution is 6.24. The van der Waals surface area contributed by atoms with Gasteiger partial charge >= 0.3 is 6.03 Å². The number of hydrazone groups is 1. The Labute approximate surface area is 120 Å². The van der Waals surface area contributed by atoms with Gasteiger partial charge < -0.3 is 5.73 Å². The van der Waals surface area contributed by atoms with Gasteiger partial charge in [0.05, 0.1) is 10.6 Å². The van der Waals surface area contributed by atoms with Crippen molar-refractivity contribution in [3.8, 4) is 0 Å². The number of hydrogen-bond acceptors (Lipinski definition) is 5. The van der Waals surface area contributed by atoms with Gasteiger partial charge in [-0.25, -0.2) is 10.2 Å². The smallest absolute Gasteiger partial charge is 0.332 e. The Balaban J connectivity index is 3.12. The summed E-state index contributed by atoms with van der Waals surface area (Å²) in [4.78, 5) is 32.3. The average molecular weight is 290 g/mol. The molecule has 0 fully saturated rings. The van der Waals surface area contributed by atoms with E-state index in [2.05, 4.69) is 5.10 Å². The first-order chi connectivity index (χ1) is 9.81. The number of nitrogens with two attached hydrogens (primary N) is 1. The SMILES string of the molecule is CC(=O)/C(=C\C(C)=N/NC(N)=O)c1ccc([N+](=O)[O-])cc1. The summed E-state index contributed by atoms with van der Waals surface area (Å²) in [6.45, 7) is 2.94. The lowest BCUT2D eigenvalue weighted by Gasteiger charge is -2.04. The minimum Gasteiger partial charge on any atom is -0.350 e. The van der Waals surface area contributed by atoms with Crippen molar-refractivity contribution in [1.29, 1.82) is 0 Å². The Morgan fingerprint density at radius 1 is 1.29 bits per heavy atom. The van der Waals surface area contributed by atoms with Crippen LogP contribution in [-0.4, -0.2) is 22.4 Å². The predicted octanol–water partition coefficient (Wildman–Crippen LogP) is 1.61. The maximum absolute atomic E-state index is 11.7. The summed E-state index contributed by atoms with van der Waals surface area (Å²) in [6.07, 6.45) is 1.46. The Bertz CT molecular complexity index is 632. The van der Waals surface area contributed by atoms with Gasteiger partial charge in [0.2, 0.25) is 0 Å². The van der Waals surface area contributed by atoms with Crippen LogP contribution in [0.25, 0.3) is 5.57 Å². The zero-order valence-electron chi connectivity index (χ0n) is 11.5. The van der Waals surface area contributed by atoms with Crippen molar-refractivity contribution in [3.05, 3.63) is 46.0 Å². The lowest BCUT2D eigenvalue weighted by atomic mass is 10.0. The molecule has 1 aromatic carbocycles. The molecule has 0 heterocycles. The van der Waals surface area contributed by atoms with Gasteiger partial charge in [-0.3, -0.25) is 14.9 Å². The molecule has 0 unspecified atom stereocenters. The van der Waals surface area contributed by atoms with E-state index in [0.717, 1.165) is 0 Å². The van der Waals surface area contributed by atoms with Gasteiger partial charge in [0, 0.05) is 17.7 Å². The number of urea groups is 1. The van der Waals surface area contributed by atoms with Gasteiger partial charge in [-0.15, -0.1) is 0 Å². The number of allylic oxidation sites excluding steroid dienone is 2. The molecule has 0 radical (unpaired) electrons. The molecule has 3 N–H and O–H groups in total. The summed E-state index contributed by atoms with van der Waals surface area (Å²) in [5.74, 6) is -0.238. The quantitative estimate of drug-likeness (QED) is 0.369. The van der Waals surface area contributed by atoms with Gasteiger partial charge in [0.25, 0.3) is 5.69 Å². The third-order valence-electron chi connectivity index (χ3n) is 2.46. The summed E-state index contributed by atoms with van der Waals surface area (Å²) in [7, 11) is 0. The van der Waals surface area contributed by atoms with Crippen molar-refractivity contribution in [2.75, 3.05) is 0 Å². The maximum Gasteiger partial charge on any atom is 0.332 e. The van der Waals surface area contributed by atoms with E-state index in [1.54, 1.807) is 6.92 Å². The number of ketones is 1. The van der Waals surface area contributed by atoms with Crippen LogP contribution in [0.2, 0.25) is 0 Å². The molecule has 8 heteroatoms. The highest BCUT2D eigenvalue weighted by Crippen LogP contribution is 2.19. The number of non-ortho nitro benzene ring substituents is 1. The molecule has 2 amide bonds. The van der Waals surface area contributed by atoms with Gasteiger partial charge in [-0.1, -0.05) is 0 Å². The molecule has 0 aromatic heterocycles. The van der Waals surface area contributed by atoms with Crippen molar-refractivity contribution in [1.82, 2.24) is 5.43 Å². The maximum atomic E-state index is 11.7. The number of amides is 2. The number of Topliss-reactive ketones (excluding diaryl/α,β-unsaturated/α-hetero) is 1. The van der Waals surface area contributed by atoms with Crippen molar-refractivity contribution >= 4 is 28.8 Å². The molecule has 0 bridgehead atoms. The first kappa shape index (κ1) is 16.0. The summed E-state index contributed by atoms with van der Waals surface area (Å²) in [5.41, 5.74) is 8.05. The molecule has 0 aliphatic carbocycles. The number of hydrogen-bond donors (Lipinski definition) is 2. The third-order valence-corrected chi connectivity index (χ3v) is 2.46. The predicted molar refractivity (Wildman–Crippen MR) is 77.6 cm³/mol. The third kappa shape index (κ3) is 4.86. The molecule has 0 atom stereocenters. The number of benzene rings is 1. The topological polar surface area (TPSA) is 128 Å². The van der Waals surface area contributed by atoms with Crippen molar-refractivity contribution in [2.45, 2.75) is 13.8 Å². The number of carbonyl (C=O) groups excluding carboxylic acids is 2. The second-order valence-electron chi connectivity index (χ2n) is 4.15. The Morgan fingerprint density at radius 2 is 1.86 bits per heavy atom. The molecule has 0 aliphatic rings. The number of primary amides is 1. The number of nitro groups is 1. The van der Waals surface area contributed by atoms with Crippen molar-refractivity contribution < 1.29 is 14.5 Å². The van der Waals surface area contributed by atoms with E-state index >= 15 is 0 Å². The summed E-state index contributed by atoms with van der Waals surface area (Å²) in [6, 6.07) is 4.74. The molecule has 0 spiro atoms. The van der Waals surface area contributed by atoms with E-state index in [0.29, 0.717) is 16.8 Å². The lowest BCUT2D eigenvalue weighted by molar-refractivity contribution is -0.384. The highest BCUT2D eigenvalue weighted by Gasteiger charge is 2.10. The number of nitrogens with zero attached hydrogens (tertiary/aromatic N) is 2. The molecule has 1 aromatic rings. The van der Waals surface area contributed by atoms with Gasteiger partial charge in [-0.05, 0) is 37.6 Å². The van der Waals surface area contributed by atoms with E-state index in [9.17, 15) is 19.7 Å². The highest BCUT2D eigenvalue weighted by atomic mass is 16.6. The average Bonchev–Trinajstić information content (AvgIpc) is 2.42. The molecule has 0 saturated heterocycles. The van der Waals surface area contributed by atoms with Crippen LogP contribution in [-0.2, 0) is 4.79 Å². The number of nitro benzene ring substituents is 1. The molecule has 21 heavy (non-hydrogen) atoms. The van der Waals surface area contributed by atoms with Crippen LogP contribution in [0.15, 0.2) is 35.4 Å². The molecule has 1 rings (SSSR count). The summed E-state index contributed by atoms with van der Waals surface area (Å²) < 4.78 is 0. The van der Waals surface area contributed by atoms with E-state index in [4.69, 9.17) is 5.73 Å². The minimum atomic E-state index is -0.817. The second-order valence-corrected chi connectivity index (χ2v) is 4.15. The largest absolute Gasteiger partial charge is 0.350 e. The fourth-order valence-electron chi connectivity index (χ4n) is 1.54. The normalized spacial score (nSPS) is 11.9. The number of nitrogens with one attached hydrogen (secondary N) is 1. The van der Waals surface area contributed by atoms with Gasteiger partial charge in [-0.2, -0.15) is 5.10 Å². The molecular weight excluding hydrogens is 276 g/mol. The zero-order valence-corrected chi connectivity index (χ0v) is 11.5. The Kier molecular flexibility index (Phi) is 5.30. The van der Waals surface area contributed by atoms with Gasteiger partial charge in [0.15, 0.2) is 5.78 Å². The van der Waals surface area contributed by atoms with E-state index < -0.39 is 11.0 Å². The van der Waals surface area contributed by atoms with E-state index in [1.165, 1.54) is 37.3 Å². The Morgan fingerprint density at radius 3 is 2.29 bits per heavy atom. The van der Waals surface area contributed by atoms with Crippen LogP contribution < -0.4 is 11.2 Å². The molecule has 8 nitrogen and oxygen atoms in total. The van der Waals surface area contributed by atoms with Crippen LogP contribution in [0.4, 0.5) is 10.5 Å². The van der Waals surface area contributed by atoms with Crippen molar-refractivity contribution in [2.24, 2.45) is 10.8 Å². The van der Waals surface area contributed by atoms with E-state index in [-0.39, 0.29) is 11.5 Å². The van der Waals surface area contributed by atoms with Crippen LogP contribution in [0.1, 0.15) is 19.4 Å². The van der Waals surface area contributed by atoms with Crippen LogP contribution in [0.5, 0.6) is 0 Å². The summed E-state index contributed by atoms with van der Waals surface area (Å²) in [5, 5.41) is 14.3. The lowest BCUT2D eigenvalue weighted by Crippen LogP contribution is -2.25. The molecule has 110 valence electrons. The fraction of sp³-hybridized carbons (Fsp3) is 0.154. The standard InChI is InChI=1S/C13H14N4O4/c1-8(15-16-13(14)19)7-12(9(2)18)10-3-5-11(6-4-10)17(20)21/h3-7H,1-2H3,(H3,14,16,19)/b12-7+,15-8-. The Hall–Kier alpha value is -3.03. The molecule has 0 aliphatic heterocycles. The number of carbonyl (C=O) groups is 2. The van der Waals surface area contributed by atoms with Crippen molar-refractivity contribution in [3.63, 3.8) is 0 Å². The minimum absolute atomic E-state index is 0.0672. The fourth-order valence-corrected chi connectivity index (χ4v) is 1.54. The second kappa shape index (κ2) is 6.94. The summed E-state index contributed by atoms with van der Waals surface area (Å²) >= 11 is 0. The number of rotatable bonds is 5. The molecule has 0 saturated carbocycles. The van der Waals surface area contributed by atoms with Crippen LogP contribution in [0.3, 0.4) is 0 Å². The van der Waals surface area contributed by atoms with Crippen LogP contribution in [0, 0.1) is 10.1 Å². The first-order valence-corrected chi connectivity index (χ1v) is 5.88. The first-order valence-electron chi connectivity index (χ1n) is 5.88.